The molecule has 0 spiro atoms. The Kier molecular flexibility index (Phi) is 8.21. The highest BCUT2D eigenvalue weighted by Gasteiger charge is 2.34. The number of ether oxygens (including phenoxy) is 1. The number of rotatable bonds is 7. The Labute approximate surface area is 239 Å². The molecule has 12 heteroatoms. The fraction of sp³-hybridized carbons (Fsp3) is 0.536. The van der Waals surface area contributed by atoms with Crippen molar-refractivity contribution >= 4 is 43.2 Å². The van der Waals surface area contributed by atoms with Crippen molar-refractivity contribution in [2.45, 2.75) is 57.5 Å². The number of nitrogens with zero attached hydrogens (tertiary/aromatic N) is 4. The maximum Gasteiger partial charge on any atom is 0.263 e. The van der Waals surface area contributed by atoms with Gasteiger partial charge < -0.3 is 15.0 Å². The Morgan fingerprint density at radius 1 is 1.15 bits per heavy atom. The first-order valence-electron chi connectivity index (χ1n) is 13.8. The summed E-state index contributed by atoms with van der Waals surface area (Å²) < 4.78 is 35.9. The Hall–Kier alpha value is -2.96. The van der Waals surface area contributed by atoms with Crippen LogP contribution in [0.5, 0.6) is 5.75 Å². The number of piperazine rings is 1. The van der Waals surface area contributed by atoms with Crippen LogP contribution in [0.1, 0.15) is 38.0 Å². The highest BCUT2D eigenvalue weighted by Crippen LogP contribution is 2.34. The fourth-order valence-electron chi connectivity index (χ4n) is 5.92. The van der Waals surface area contributed by atoms with Crippen LogP contribution in [-0.4, -0.2) is 67.5 Å². The smallest absolute Gasteiger partial charge is 0.263 e. The van der Waals surface area contributed by atoms with Gasteiger partial charge in [0.1, 0.15) is 22.0 Å². The fourth-order valence-corrected chi connectivity index (χ4v) is 9.01. The van der Waals surface area contributed by atoms with Gasteiger partial charge in [-0.15, -0.1) is 11.3 Å². The van der Waals surface area contributed by atoms with Gasteiger partial charge in [-0.2, -0.15) is 4.31 Å². The third-order valence-corrected chi connectivity index (χ3v) is 11.6. The predicted molar refractivity (Wildman–Crippen MR) is 157 cm³/mol. The highest BCUT2D eigenvalue weighted by atomic mass is 32.2. The minimum absolute atomic E-state index is 0.000211. The number of nitrogens with one attached hydrogen (secondary N) is 1. The maximum atomic E-state index is 13.9. The van der Waals surface area contributed by atoms with Crippen LogP contribution >= 0.6 is 11.3 Å². The second-order valence-corrected chi connectivity index (χ2v) is 13.9. The van der Waals surface area contributed by atoms with Crippen LogP contribution in [-0.2, 0) is 21.4 Å². The van der Waals surface area contributed by atoms with E-state index in [0.29, 0.717) is 34.6 Å². The van der Waals surface area contributed by atoms with Gasteiger partial charge in [0.2, 0.25) is 15.9 Å². The van der Waals surface area contributed by atoms with Crippen LogP contribution in [0.25, 0.3) is 10.2 Å². The van der Waals surface area contributed by atoms with Crippen molar-refractivity contribution in [1.29, 1.82) is 0 Å². The Morgan fingerprint density at radius 2 is 1.88 bits per heavy atom. The van der Waals surface area contributed by atoms with E-state index in [9.17, 15) is 18.0 Å². The highest BCUT2D eigenvalue weighted by molar-refractivity contribution is 7.89. The molecule has 1 N–H and O–H groups in total. The van der Waals surface area contributed by atoms with Crippen LogP contribution in [0, 0.1) is 18.8 Å². The summed E-state index contributed by atoms with van der Waals surface area (Å²) in [6.45, 7) is 7.36. The summed E-state index contributed by atoms with van der Waals surface area (Å²) in [5.74, 6) is 1.35. The number of hydrogen-bond donors (Lipinski definition) is 1. The number of sulfonamides is 1. The second-order valence-electron chi connectivity index (χ2n) is 10.8. The molecule has 3 aromatic rings. The molecule has 2 aliphatic rings. The number of fused-ring (bicyclic) bond motifs is 1. The molecule has 2 aromatic heterocycles. The average molecular weight is 588 g/mol. The first-order chi connectivity index (χ1) is 19.1. The van der Waals surface area contributed by atoms with Crippen LogP contribution in [0.4, 0.5) is 5.69 Å². The van der Waals surface area contributed by atoms with Crippen molar-refractivity contribution in [2.75, 3.05) is 38.2 Å². The molecule has 1 amide bonds. The molecule has 5 rings (SSSR count). The third kappa shape index (κ3) is 5.36. The summed E-state index contributed by atoms with van der Waals surface area (Å²) in [6, 6.07) is 7.73. The van der Waals surface area contributed by atoms with E-state index < -0.39 is 15.6 Å². The molecule has 1 aliphatic heterocycles. The van der Waals surface area contributed by atoms with Crippen LogP contribution in [0.15, 0.2) is 40.3 Å². The number of thiophene rings is 1. The molecule has 0 radical (unpaired) electrons. The molecular formula is C28H37N5O5S2. The second kappa shape index (κ2) is 11.5. The van der Waals surface area contributed by atoms with E-state index in [2.05, 4.69) is 29.0 Å². The van der Waals surface area contributed by atoms with Crippen molar-refractivity contribution in [1.82, 2.24) is 19.2 Å². The normalized spacial score (nSPS) is 22.4. The lowest BCUT2D eigenvalue weighted by Gasteiger charge is -2.36. The van der Waals surface area contributed by atoms with Crippen LogP contribution in [0.3, 0.4) is 0 Å². The predicted octanol–water partition coefficient (Wildman–Crippen LogP) is 3.23. The zero-order valence-corrected chi connectivity index (χ0v) is 25.1. The van der Waals surface area contributed by atoms with Crippen LogP contribution < -0.4 is 20.5 Å². The lowest BCUT2D eigenvalue weighted by Crippen LogP contribution is -2.49. The number of aromatic nitrogens is 2. The van der Waals surface area contributed by atoms with Crippen molar-refractivity contribution in [3.63, 3.8) is 0 Å². The van der Waals surface area contributed by atoms with Gasteiger partial charge in [-0.05, 0) is 37.3 Å². The number of hydrogen-bond acceptors (Lipinski definition) is 8. The van der Waals surface area contributed by atoms with Gasteiger partial charge in [0.05, 0.1) is 24.5 Å². The molecule has 3 heterocycles. The standard InChI is InChI=1S/C28H37N5O5S2/c1-18-8-7-9-21(19(18)2)30-24(34)16-32-17-29-27-25(28(32)35)26(20(3)39-27)40(36,37)33-14-12-31(13-15-33)22-10-5-6-11-23(22)38-4/h5-6,10-11,17-19,21H,7-9,12-16H2,1-4H3,(H,30,34)/t18-,19+,21+/m0/s1. The zero-order valence-electron chi connectivity index (χ0n) is 23.4. The lowest BCUT2D eigenvalue weighted by atomic mass is 9.78. The van der Waals surface area contributed by atoms with Gasteiger partial charge in [0, 0.05) is 37.1 Å². The Bertz CT molecular complexity index is 1560. The number of amides is 1. The molecule has 0 unspecified atom stereocenters. The van der Waals surface area contributed by atoms with Gasteiger partial charge in [-0.1, -0.05) is 38.8 Å². The summed E-state index contributed by atoms with van der Waals surface area (Å²) in [7, 11) is -2.35. The van der Waals surface area contributed by atoms with E-state index in [1.165, 1.54) is 26.5 Å². The number of aryl methyl sites for hydroxylation is 1. The molecule has 0 bridgehead atoms. The van der Waals surface area contributed by atoms with Crippen molar-refractivity contribution in [3.05, 3.63) is 45.8 Å². The molecule has 1 aromatic carbocycles. The molecule has 10 nitrogen and oxygen atoms in total. The third-order valence-electron chi connectivity index (χ3n) is 8.43. The topological polar surface area (TPSA) is 114 Å². The molecule has 1 saturated heterocycles. The van der Waals surface area contributed by atoms with Crippen molar-refractivity contribution in [2.24, 2.45) is 11.8 Å². The molecule has 3 atom stereocenters. The van der Waals surface area contributed by atoms with Crippen LogP contribution in [0.2, 0.25) is 0 Å². The monoisotopic (exact) mass is 587 g/mol. The SMILES string of the molecule is COc1ccccc1N1CCN(S(=O)(=O)c2c(C)sc3ncn(CC(=O)N[C@@H]4CCC[C@H](C)[C@H]4C)c(=O)c23)CC1. The largest absolute Gasteiger partial charge is 0.495 e. The summed E-state index contributed by atoms with van der Waals surface area (Å²) >= 11 is 1.18. The van der Waals surface area contributed by atoms with Gasteiger partial charge >= 0.3 is 0 Å². The van der Waals surface area contributed by atoms with E-state index in [-0.39, 0.29) is 41.9 Å². The number of para-hydroxylation sites is 2. The van der Waals surface area contributed by atoms with Gasteiger partial charge in [0.15, 0.2) is 0 Å². The quantitative estimate of drug-likeness (QED) is 0.452. The van der Waals surface area contributed by atoms with E-state index in [1.54, 1.807) is 14.0 Å². The van der Waals surface area contributed by atoms with E-state index in [4.69, 9.17) is 4.74 Å². The van der Waals surface area contributed by atoms with E-state index in [0.717, 1.165) is 30.7 Å². The number of anilines is 1. The van der Waals surface area contributed by atoms with E-state index in [1.807, 2.05) is 24.3 Å². The Morgan fingerprint density at radius 3 is 2.60 bits per heavy atom. The lowest BCUT2D eigenvalue weighted by molar-refractivity contribution is -0.123. The number of benzene rings is 1. The molecular weight excluding hydrogens is 550 g/mol. The summed E-state index contributed by atoms with van der Waals surface area (Å²) in [6.07, 6.45) is 4.47. The van der Waals surface area contributed by atoms with Gasteiger partial charge in [-0.3, -0.25) is 14.2 Å². The minimum atomic E-state index is -3.97. The zero-order chi connectivity index (χ0) is 28.6. The molecule has 2 fully saturated rings. The van der Waals surface area contributed by atoms with Gasteiger partial charge in [0.25, 0.3) is 5.56 Å². The van der Waals surface area contributed by atoms with Gasteiger partial charge in [-0.25, -0.2) is 13.4 Å². The molecule has 216 valence electrons. The van der Waals surface area contributed by atoms with Crippen molar-refractivity contribution < 1.29 is 17.9 Å². The minimum Gasteiger partial charge on any atom is -0.495 e. The summed E-state index contributed by atoms with van der Waals surface area (Å²) in [5, 5.41) is 3.15. The average Bonchev–Trinajstić information content (AvgIpc) is 3.30. The number of carbonyl (C=O) groups is 1. The number of methoxy groups -OCH3 is 1. The van der Waals surface area contributed by atoms with Crippen molar-refractivity contribution in [3.8, 4) is 5.75 Å². The first-order valence-corrected chi connectivity index (χ1v) is 16.0. The number of carbonyl (C=O) groups excluding carboxylic acids is 1. The molecule has 1 saturated carbocycles. The summed E-state index contributed by atoms with van der Waals surface area (Å²) in [5.41, 5.74) is 0.405. The molecule has 40 heavy (non-hydrogen) atoms. The molecule has 1 aliphatic carbocycles. The summed E-state index contributed by atoms with van der Waals surface area (Å²) in [4.78, 5) is 33.9. The van der Waals surface area contributed by atoms with E-state index >= 15 is 0 Å². The Balaban J connectivity index is 1.37. The first kappa shape index (κ1) is 28.6. The maximum absolute atomic E-state index is 13.9.